The van der Waals surface area contributed by atoms with Crippen molar-refractivity contribution >= 4 is 39.1 Å². The van der Waals surface area contributed by atoms with Gasteiger partial charge in [0.05, 0.1) is 17.7 Å². The van der Waals surface area contributed by atoms with Gasteiger partial charge in [-0.05, 0) is 48.9 Å². The zero-order valence-electron chi connectivity index (χ0n) is 17.3. The number of rotatable bonds is 9. The molecule has 3 rings (SSSR count). The number of aryl methyl sites for hydroxylation is 1. The topological polar surface area (TPSA) is 84.5 Å². The largest absolute Gasteiger partial charge is 0.495 e. The second-order valence-electron chi connectivity index (χ2n) is 6.75. The molecule has 0 spiro atoms. The van der Waals surface area contributed by atoms with E-state index in [-0.39, 0.29) is 10.8 Å². The number of anilines is 2. The van der Waals surface area contributed by atoms with E-state index in [1.807, 2.05) is 30.3 Å². The summed E-state index contributed by atoms with van der Waals surface area (Å²) < 4.78 is 33.7. The van der Waals surface area contributed by atoms with Crippen LogP contribution in [0.15, 0.2) is 82.6 Å². The summed E-state index contributed by atoms with van der Waals surface area (Å²) in [4.78, 5) is 13.5. The normalized spacial score (nSPS) is 11.0. The first kappa shape index (κ1) is 22.7. The Hall–Kier alpha value is -2.97. The first-order valence-electron chi connectivity index (χ1n) is 9.63. The van der Waals surface area contributed by atoms with Crippen molar-refractivity contribution in [3.63, 3.8) is 0 Å². The van der Waals surface area contributed by atoms with Crippen LogP contribution in [-0.4, -0.2) is 27.2 Å². The highest BCUT2D eigenvalue weighted by Crippen LogP contribution is 2.28. The van der Waals surface area contributed by atoms with E-state index in [1.165, 1.54) is 13.2 Å². The maximum atomic E-state index is 13.0. The van der Waals surface area contributed by atoms with Gasteiger partial charge in [-0.2, -0.15) is 0 Å². The zero-order valence-corrected chi connectivity index (χ0v) is 18.9. The van der Waals surface area contributed by atoms with E-state index < -0.39 is 10.0 Å². The van der Waals surface area contributed by atoms with Crippen LogP contribution < -0.4 is 14.8 Å². The Morgan fingerprint density at radius 2 is 1.71 bits per heavy atom. The number of methoxy groups -OCH3 is 1. The molecule has 162 valence electrons. The average Bonchev–Trinajstić information content (AvgIpc) is 2.76. The third-order valence-corrected chi connectivity index (χ3v) is 6.98. The lowest BCUT2D eigenvalue weighted by Crippen LogP contribution is -2.16. The molecule has 0 bridgehead atoms. The van der Waals surface area contributed by atoms with Gasteiger partial charge in [0.1, 0.15) is 5.75 Å². The monoisotopic (exact) mass is 456 g/mol. The number of carbonyl (C=O) groups is 1. The maximum absolute atomic E-state index is 13.0. The van der Waals surface area contributed by atoms with Crippen molar-refractivity contribution in [1.82, 2.24) is 0 Å². The number of amides is 1. The Kier molecular flexibility index (Phi) is 7.59. The van der Waals surface area contributed by atoms with E-state index in [2.05, 4.69) is 10.0 Å². The molecule has 31 heavy (non-hydrogen) atoms. The lowest BCUT2D eigenvalue weighted by molar-refractivity contribution is -0.115. The number of benzene rings is 3. The van der Waals surface area contributed by atoms with Crippen LogP contribution in [0.25, 0.3) is 0 Å². The number of ether oxygens (including phenoxy) is 1. The molecule has 0 saturated heterocycles. The molecule has 0 fully saturated rings. The van der Waals surface area contributed by atoms with Crippen LogP contribution in [0.3, 0.4) is 0 Å². The molecular formula is C23H24N2O4S2. The molecule has 1 amide bonds. The SMILES string of the molecule is COc1ccccc1NS(=O)(=O)c1cc(NC(=O)CCSc2ccccc2)ccc1C. The van der Waals surface area contributed by atoms with Crippen molar-refractivity contribution in [2.24, 2.45) is 0 Å². The van der Waals surface area contributed by atoms with Crippen molar-refractivity contribution in [2.45, 2.75) is 23.1 Å². The second-order valence-corrected chi connectivity index (χ2v) is 9.56. The Morgan fingerprint density at radius 3 is 2.45 bits per heavy atom. The van der Waals surface area contributed by atoms with Crippen LogP contribution in [0, 0.1) is 6.92 Å². The van der Waals surface area contributed by atoms with Crippen LogP contribution >= 0.6 is 11.8 Å². The predicted octanol–water partition coefficient (Wildman–Crippen LogP) is 4.93. The standard InChI is InChI=1S/C23H24N2O4S2/c1-17-12-13-18(24-23(26)14-15-30-19-8-4-3-5-9-19)16-22(17)31(27,28)25-20-10-6-7-11-21(20)29-2/h3-13,16,25H,14-15H2,1-2H3,(H,24,26). The first-order valence-corrected chi connectivity index (χ1v) is 12.1. The minimum atomic E-state index is -3.87. The van der Waals surface area contributed by atoms with Crippen molar-refractivity contribution in [3.05, 3.63) is 78.4 Å². The van der Waals surface area contributed by atoms with E-state index in [0.717, 1.165) is 4.90 Å². The lowest BCUT2D eigenvalue weighted by Gasteiger charge is -2.14. The molecule has 2 N–H and O–H groups in total. The third kappa shape index (κ3) is 6.26. The molecule has 3 aromatic rings. The summed E-state index contributed by atoms with van der Waals surface area (Å²) in [5.41, 5.74) is 1.34. The van der Waals surface area contributed by atoms with Crippen molar-refractivity contribution in [3.8, 4) is 5.75 Å². The smallest absolute Gasteiger partial charge is 0.262 e. The Balaban J connectivity index is 1.68. The van der Waals surface area contributed by atoms with Gasteiger partial charge < -0.3 is 10.1 Å². The zero-order chi connectivity index (χ0) is 22.3. The van der Waals surface area contributed by atoms with E-state index in [0.29, 0.717) is 34.9 Å². The predicted molar refractivity (Wildman–Crippen MR) is 125 cm³/mol. The minimum absolute atomic E-state index is 0.0925. The highest BCUT2D eigenvalue weighted by molar-refractivity contribution is 7.99. The van der Waals surface area contributed by atoms with Gasteiger partial charge in [0.2, 0.25) is 5.91 Å². The number of thioether (sulfide) groups is 1. The molecule has 0 aromatic heterocycles. The summed E-state index contributed by atoms with van der Waals surface area (Å²) >= 11 is 1.60. The quantitative estimate of drug-likeness (QED) is 0.446. The summed E-state index contributed by atoms with van der Waals surface area (Å²) in [6.07, 6.45) is 0.314. The third-order valence-electron chi connectivity index (χ3n) is 4.45. The lowest BCUT2D eigenvalue weighted by atomic mass is 10.2. The second kappa shape index (κ2) is 10.4. The first-order chi connectivity index (χ1) is 14.9. The van der Waals surface area contributed by atoms with Crippen molar-refractivity contribution in [2.75, 3.05) is 22.9 Å². The number of nitrogens with one attached hydrogen (secondary N) is 2. The fourth-order valence-corrected chi connectivity index (χ4v) is 5.11. The molecule has 8 heteroatoms. The number of hydrogen-bond acceptors (Lipinski definition) is 5. The summed E-state index contributed by atoms with van der Waals surface area (Å²) in [6.45, 7) is 1.71. The number of carbonyl (C=O) groups excluding carboxylic acids is 1. The van der Waals surface area contributed by atoms with Gasteiger partial charge in [-0.15, -0.1) is 11.8 Å². The highest BCUT2D eigenvalue weighted by atomic mass is 32.2. The fourth-order valence-electron chi connectivity index (χ4n) is 2.90. The minimum Gasteiger partial charge on any atom is -0.495 e. The van der Waals surface area contributed by atoms with E-state index in [9.17, 15) is 13.2 Å². The van der Waals surface area contributed by atoms with Crippen molar-refractivity contribution in [1.29, 1.82) is 0 Å². The van der Waals surface area contributed by atoms with Crippen LogP contribution in [-0.2, 0) is 14.8 Å². The molecular weight excluding hydrogens is 432 g/mol. The molecule has 6 nitrogen and oxygen atoms in total. The van der Waals surface area contributed by atoms with E-state index >= 15 is 0 Å². The molecule has 0 aliphatic carbocycles. The van der Waals surface area contributed by atoms with Gasteiger partial charge in [-0.25, -0.2) is 8.42 Å². The van der Waals surface area contributed by atoms with Gasteiger partial charge in [-0.1, -0.05) is 36.4 Å². The van der Waals surface area contributed by atoms with Gasteiger partial charge >= 0.3 is 0 Å². The molecule has 0 radical (unpaired) electrons. The average molecular weight is 457 g/mol. The van der Waals surface area contributed by atoms with E-state index in [1.54, 1.807) is 55.1 Å². The van der Waals surface area contributed by atoms with Crippen LogP contribution in [0.5, 0.6) is 5.75 Å². The molecule has 3 aromatic carbocycles. The van der Waals surface area contributed by atoms with E-state index in [4.69, 9.17) is 4.74 Å². The molecule has 0 atom stereocenters. The maximum Gasteiger partial charge on any atom is 0.262 e. The molecule has 0 aliphatic heterocycles. The number of hydrogen-bond donors (Lipinski definition) is 2. The van der Waals surface area contributed by atoms with Gasteiger partial charge in [0.15, 0.2) is 0 Å². The summed E-state index contributed by atoms with van der Waals surface area (Å²) in [5, 5.41) is 2.79. The van der Waals surface area contributed by atoms with Gasteiger partial charge in [-0.3, -0.25) is 9.52 Å². The highest BCUT2D eigenvalue weighted by Gasteiger charge is 2.19. The molecule has 0 heterocycles. The van der Waals surface area contributed by atoms with Gasteiger partial charge in [0.25, 0.3) is 10.0 Å². The van der Waals surface area contributed by atoms with Crippen LogP contribution in [0.4, 0.5) is 11.4 Å². The molecule has 0 unspecified atom stereocenters. The summed E-state index contributed by atoms with van der Waals surface area (Å²) in [5.74, 6) is 0.875. The molecule has 0 saturated carbocycles. The summed E-state index contributed by atoms with van der Waals surface area (Å²) in [6, 6.07) is 21.5. The Morgan fingerprint density at radius 1 is 1.00 bits per heavy atom. The number of para-hydroxylation sites is 2. The molecule has 0 aliphatic rings. The Bertz CT molecular complexity index is 1150. The Labute approximate surface area is 187 Å². The fraction of sp³-hybridized carbons (Fsp3) is 0.174. The van der Waals surface area contributed by atoms with Crippen molar-refractivity contribution < 1.29 is 17.9 Å². The van der Waals surface area contributed by atoms with Gasteiger partial charge in [0, 0.05) is 22.8 Å². The van der Waals surface area contributed by atoms with Crippen LogP contribution in [0.2, 0.25) is 0 Å². The van der Waals surface area contributed by atoms with Crippen LogP contribution in [0.1, 0.15) is 12.0 Å². The summed E-state index contributed by atoms with van der Waals surface area (Å²) in [7, 11) is -2.40. The number of sulfonamides is 1.